The van der Waals surface area contributed by atoms with Gasteiger partial charge in [-0.1, -0.05) is 27.7 Å². The van der Waals surface area contributed by atoms with Crippen LogP contribution in [-0.2, 0) is 0 Å². The Hall–Kier alpha value is -1.55. The largest absolute Gasteiger partial charge is 0.396 e. The molecule has 2 aliphatic rings. The van der Waals surface area contributed by atoms with Crippen molar-refractivity contribution >= 4 is 11.6 Å². The predicted octanol–water partition coefficient (Wildman–Crippen LogP) is 3.06. The average Bonchev–Trinajstić information content (AvgIpc) is 3.00. The Morgan fingerprint density at radius 2 is 1.83 bits per heavy atom. The Bertz CT molecular complexity index is 593. The molecule has 1 saturated carbocycles. The van der Waals surface area contributed by atoms with E-state index in [0.29, 0.717) is 5.92 Å². The molecule has 3 rings (SSSR count). The number of rotatable bonds is 4. The van der Waals surface area contributed by atoms with Gasteiger partial charge in [0.05, 0.1) is 0 Å². The second kappa shape index (κ2) is 6.07. The van der Waals surface area contributed by atoms with E-state index in [1.165, 1.54) is 0 Å². The number of amides is 1. The van der Waals surface area contributed by atoms with E-state index in [2.05, 4.69) is 37.9 Å². The molecule has 132 valence electrons. The summed E-state index contributed by atoms with van der Waals surface area (Å²) in [6, 6.07) is 8.07. The number of aliphatic hydroxyl groups is 1. The lowest BCUT2D eigenvalue weighted by atomic mass is 9.52. The number of nitrogens with zero attached hydrogens (tertiary/aromatic N) is 1. The van der Waals surface area contributed by atoms with Crippen molar-refractivity contribution in [1.29, 1.82) is 0 Å². The number of nitrogens with one attached hydrogen (secondary N) is 1. The van der Waals surface area contributed by atoms with Gasteiger partial charge in [-0.15, -0.1) is 0 Å². The minimum absolute atomic E-state index is 0.0158. The molecule has 1 aliphatic carbocycles. The second-order valence-corrected chi connectivity index (χ2v) is 8.89. The Morgan fingerprint density at radius 1 is 1.21 bits per heavy atom. The summed E-state index contributed by atoms with van der Waals surface area (Å²) in [5.41, 5.74) is 2.17. The number of hydrogen-bond acceptors (Lipinski definition) is 3. The van der Waals surface area contributed by atoms with E-state index in [-0.39, 0.29) is 29.4 Å². The van der Waals surface area contributed by atoms with Crippen LogP contribution in [0.25, 0.3) is 0 Å². The van der Waals surface area contributed by atoms with Gasteiger partial charge in [0.1, 0.15) is 0 Å². The molecule has 2 fully saturated rings. The third-order valence-corrected chi connectivity index (χ3v) is 5.79. The molecule has 0 aromatic heterocycles. The smallest absolute Gasteiger partial charge is 0.251 e. The fourth-order valence-corrected chi connectivity index (χ4v) is 4.95. The summed E-state index contributed by atoms with van der Waals surface area (Å²) >= 11 is 0. The van der Waals surface area contributed by atoms with Gasteiger partial charge in [0.25, 0.3) is 5.91 Å². The van der Waals surface area contributed by atoms with Crippen LogP contribution < -0.4 is 10.2 Å². The van der Waals surface area contributed by atoms with Crippen LogP contribution in [0.2, 0.25) is 0 Å². The molecule has 0 bridgehead atoms. The van der Waals surface area contributed by atoms with Gasteiger partial charge in [-0.25, -0.2) is 0 Å². The zero-order valence-electron chi connectivity index (χ0n) is 15.3. The summed E-state index contributed by atoms with van der Waals surface area (Å²) in [5, 5.41) is 12.5. The van der Waals surface area contributed by atoms with Gasteiger partial charge in [-0.2, -0.15) is 0 Å². The Labute approximate surface area is 145 Å². The van der Waals surface area contributed by atoms with Crippen LogP contribution >= 0.6 is 0 Å². The lowest BCUT2D eigenvalue weighted by Gasteiger charge is -2.57. The summed E-state index contributed by atoms with van der Waals surface area (Å²) in [5.74, 6) is 0.387. The first-order valence-electron chi connectivity index (χ1n) is 9.00. The van der Waals surface area contributed by atoms with Crippen LogP contribution in [0.4, 0.5) is 5.69 Å². The summed E-state index contributed by atoms with van der Waals surface area (Å²) in [7, 11) is 0. The van der Waals surface area contributed by atoms with Crippen molar-refractivity contribution in [2.24, 2.45) is 16.7 Å². The highest BCUT2D eigenvalue weighted by Gasteiger charge is 2.53. The molecular formula is C20H30N2O2. The lowest BCUT2D eigenvalue weighted by Crippen LogP contribution is -2.63. The third-order valence-electron chi connectivity index (χ3n) is 5.79. The van der Waals surface area contributed by atoms with Crippen molar-refractivity contribution in [3.63, 3.8) is 0 Å². The first-order chi connectivity index (χ1) is 11.2. The Morgan fingerprint density at radius 3 is 2.33 bits per heavy atom. The average molecular weight is 330 g/mol. The van der Waals surface area contributed by atoms with Crippen molar-refractivity contribution in [1.82, 2.24) is 5.32 Å². The van der Waals surface area contributed by atoms with Crippen LogP contribution in [-0.4, -0.2) is 36.8 Å². The maximum absolute atomic E-state index is 12.6. The molecule has 2 N–H and O–H groups in total. The summed E-state index contributed by atoms with van der Waals surface area (Å²) in [4.78, 5) is 14.9. The fourth-order valence-electron chi connectivity index (χ4n) is 4.95. The normalized spacial score (nSPS) is 25.4. The second-order valence-electron chi connectivity index (χ2n) is 8.89. The molecular weight excluding hydrogens is 300 g/mol. The van der Waals surface area contributed by atoms with Gasteiger partial charge in [0.15, 0.2) is 0 Å². The van der Waals surface area contributed by atoms with Gasteiger partial charge in [-0.05, 0) is 47.9 Å². The van der Waals surface area contributed by atoms with E-state index in [4.69, 9.17) is 0 Å². The van der Waals surface area contributed by atoms with E-state index < -0.39 is 0 Å². The molecule has 1 aromatic carbocycles. The molecule has 1 saturated heterocycles. The summed E-state index contributed by atoms with van der Waals surface area (Å²) in [6.45, 7) is 11.0. The van der Waals surface area contributed by atoms with Crippen molar-refractivity contribution < 1.29 is 9.90 Å². The van der Waals surface area contributed by atoms with Crippen LogP contribution in [0.15, 0.2) is 24.3 Å². The third kappa shape index (κ3) is 3.16. The zero-order chi connectivity index (χ0) is 17.5. The van der Waals surface area contributed by atoms with Crippen LogP contribution in [0.5, 0.6) is 0 Å². The fraction of sp³-hybridized carbons (Fsp3) is 0.650. The van der Waals surface area contributed by atoms with E-state index >= 15 is 0 Å². The molecule has 0 radical (unpaired) electrons. The number of carbonyl (C=O) groups excluding carboxylic acids is 1. The highest BCUT2D eigenvalue weighted by Crippen LogP contribution is 2.53. The molecule has 4 heteroatoms. The van der Waals surface area contributed by atoms with Gasteiger partial charge < -0.3 is 15.3 Å². The molecule has 24 heavy (non-hydrogen) atoms. The molecule has 1 aromatic rings. The monoisotopic (exact) mass is 330 g/mol. The van der Waals surface area contributed by atoms with E-state index in [1.807, 2.05) is 24.3 Å². The van der Waals surface area contributed by atoms with Crippen molar-refractivity contribution in [2.75, 3.05) is 24.6 Å². The van der Waals surface area contributed by atoms with Gasteiger partial charge >= 0.3 is 0 Å². The highest BCUT2D eigenvalue weighted by atomic mass is 16.3. The Balaban J connectivity index is 1.64. The molecule has 1 aliphatic heterocycles. The van der Waals surface area contributed by atoms with Crippen LogP contribution in [0.3, 0.4) is 0 Å². The topological polar surface area (TPSA) is 52.6 Å². The van der Waals surface area contributed by atoms with Crippen molar-refractivity contribution in [3.8, 4) is 0 Å². The van der Waals surface area contributed by atoms with Crippen molar-refractivity contribution in [3.05, 3.63) is 29.8 Å². The van der Waals surface area contributed by atoms with Crippen LogP contribution in [0, 0.1) is 16.7 Å². The molecule has 0 spiro atoms. The highest BCUT2D eigenvalue weighted by molar-refractivity contribution is 5.95. The standard InChI is InChI=1S/C20H30N2O2/c1-19(2)13-20(3,4)18(19)21-17(24)15-5-7-16(8-6-15)22-10-9-14(11-22)12-23/h5-8,14,18,23H,9-13H2,1-4H3,(H,21,24). The minimum atomic E-state index is 0.0158. The van der Waals surface area contributed by atoms with E-state index in [9.17, 15) is 9.90 Å². The molecule has 1 amide bonds. The Kier molecular flexibility index (Phi) is 4.37. The number of hydrogen-bond donors (Lipinski definition) is 2. The van der Waals surface area contributed by atoms with Crippen LogP contribution in [0.1, 0.15) is 50.9 Å². The first-order valence-corrected chi connectivity index (χ1v) is 9.00. The lowest BCUT2D eigenvalue weighted by molar-refractivity contribution is -0.0366. The SMILES string of the molecule is CC1(C)CC(C)(C)C1NC(=O)c1ccc(N2CCC(CO)C2)cc1. The van der Waals surface area contributed by atoms with Gasteiger partial charge in [0, 0.05) is 42.9 Å². The number of aliphatic hydroxyl groups excluding tert-OH is 1. The van der Waals surface area contributed by atoms with Gasteiger partial charge in [0.2, 0.25) is 0 Å². The van der Waals surface area contributed by atoms with Gasteiger partial charge in [-0.3, -0.25) is 4.79 Å². The molecule has 1 atom stereocenters. The molecule has 1 unspecified atom stereocenters. The van der Waals surface area contributed by atoms with Crippen molar-refractivity contribution in [2.45, 2.75) is 46.6 Å². The summed E-state index contributed by atoms with van der Waals surface area (Å²) < 4.78 is 0. The maximum Gasteiger partial charge on any atom is 0.251 e. The summed E-state index contributed by atoms with van der Waals surface area (Å²) in [6.07, 6.45) is 2.16. The predicted molar refractivity (Wildman–Crippen MR) is 97.3 cm³/mol. The van der Waals surface area contributed by atoms with E-state index in [1.54, 1.807) is 0 Å². The number of carbonyl (C=O) groups is 1. The maximum atomic E-state index is 12.6. The number of benzene rings is 1. The zero-order valence-corrected chi connectivity index (χ0v) is 15.3. The minimum Gasteiger partial charge on any atom is -0.396 e. The quantitative estimate of drug-likeness (QED) is 0.892. The number of anilines is 1. The molecule has 4 nitrogen and oxygen atoms in total. The first kappa shape index (κ1) is 17.3. The van der Waals surface area contributed by atoms with E-state index in [0.717, 1.165) is 37.2 Å². The molecule has 1 heterocycles.